The lowest BCUT2D eigenvalue weighted by atomic mass is 10.4. The van der Waals surface area contributed by atoms with Crippen LogP contribution in [0.15, 0.2) is 12.1 Å². The molecule has 15 heavy (non-hydrogen) atoms. The zero-order valence-electron chi connectivity index (χ0n) is 9.38. The molecule has 0 unspecified atom stereocenters. The molecule has 0 aliphatic heterocycles. The van der Waals surface area contributed by atoms with Gasteiger partial charge < -0.3 is 10.6 Å². The van der Waals surface area contributed by atoms with Gasteiger partial charge >= 0.3 is 0 Å². The van der Waals surface area contributed by atoms with Crippen molar-refractivity contribution in [1.29, 1.82) is 0 Å². The van der Waals surface area contributed by atoms with Crippen LogP contribution in [0.5, 0.6) is 0 Å². The molecule has 1 heterocycles. The number of rotatable bonds is 7. The summed E-state index contributed by atoms with van der Waals surface area (Å²) in [5.74, 6) is 0. The van der Waals surface area contributed by atoms with Crippen molar-refractivity contribution in [1.82, 2.24) is 10.6 Å². The maximum atomic E-state index is 3.52. The summed E-state index contributed by atoms with van der Waals surface area (Å²) in [5, 5.41) is 7.00. The van der Waals surface area contributed by atoms with E-state index in [0.29, 0.717) is 0 Å². The second kappa shape index (κ2) is 5.64. The molecule has 1 aromatic heterocycles. The van der Waals surface area contributed by atoms with Crippen LogP contribution in [0.1, 0.15) is 29.0 Å². The van der Waals surface area contributed by atoms with Gasteiger partial charge in [0.05, 0.1) is 0 Å². The molecule has 0 radical (unpaired) electrons. The van der Waals surface area contributed by atoms with Crippen molar-refractivity contribution in [3.8, 4) is 0 Å². The van der Waals surface area contributed by atoms with E-state index in [2.05, 4.69) is 29.7 Å². The number of aryl methyl sites for hydroxylation is 1. The first-order valence-corrected chi connectivity index (χ1v) is 6.65. The van der Waals surface area contributed by atoms with E-state index in [1.54, 1.807) is 0 Å². The van der Waals surface area contributed by atoms with Crippen molar-refractivity contribution in [3.63, 3.8) is 0 Å². The molecule has 1 fully saturated rings. The first kappa shape index (κ1) is 11.1. The van der Waals surface area contributed by atoms with Crippen molar-refractivity contribution in [2.45, 2.75) is 38.8 Å². The van der Waals surface area contributed by atoms with Crippen molar-refractivity contribution < 1.29 is 0 Å². The number of nitrogens with one attached hydrogen (secondary N) is 2. The first-order valence-electron chi connectivity index (χ1n) is 5.84. The molecule has 0 bridgehead atoms. The molecule has 0 spiro atoms. The summed E-state index contributed by atoms with van der Waals surface area (Å²) in [7, 11) is 0. The molecule has 0 saturated heterocycles. The summed E-state index contributed by atoms with van der Waals surface area (Å²) in [6.07, 6.45) is 4.02. The highest BCUT2D eigenvalue weighted by molar-refractivity contribution is 7.11. The number of hydrogen-bond acceptors (Lipinski definition) is 3. The lowest BCUT2D eigenvalue weighted by molar-refractivity contribution is 0.595. The fourth-order valence-electron chi connectivity index (χ4n) is 1.60. The third-order valence-electron chi connectivity index (χ3n) is 2.64. The number of hydrogen-bond donors (Lipinski definition) is 2. The van der Waals surface area contributed by atoms with Crippen molar-refractivity contribution in [3.05, 3.63) is 21.9 Å². The highest BCUT2D eigenvalue weighted by Gasteiger charge is 2.19. The topological polar surface area (TPSA) is 24.1 Å². The lowest BCUT2D eigenvalue weighted by Gasteiger charge is -2.04. The van der Waals surface area contributed by atoms with Gasteiger partial charge in [-0.1, -0.05) is 0 Å². The predicted octanol–water partition coefficient (Wildman–Crippen LogP) is 2.29. The SMILES string of the molecule is Cc1ccc(CNCCCNC2CC2)s1. The van der Waals surface area contributed by atoms with Crippen LogP contribution < -0.4 is 10.6 Å². The van der Waals surface area contributed by atoms with Gasteiger partial charge in [0.15, 0.2) is 0 Å². The quantitative estimate of drug-likeness (QED) is 0.694. The van der Waals surface area contributed by atoms with E-state index < -0.39 is 0 Å². The highest BCUT2D eigenvalue weighted by Crippen LogP contribution is 2.18. The van der Waals surface area contributed by atoms with Crippen LogP contribution in [0, 0.1) is 6.92 Å². The second-order valence-electron chi connectivity index (χ2n) is 4.27. The Labute approximate surface area is 96.1 Å². The average molecular weight is 224 g/mol. The maximum absolute atomic E-state index is 3.52. The minimum absolute atomic E-state index is 0.852. The minimum Gasteiger partial charge on any atom is -0.314 e. The summed E-state index contributed by atoms with van der Waals surface area (Å²) in [5.41, 5.74) is 0. The van der Waals surface area contributed by atoms with Crippen LogP contribution in [0.4, 0.5) is 0 Å². The fraction of sp³-hybridized carbons (Fsp3) is 0.667. The Morgan fingerprint density at radius 1 is 1.33 bits per heavy atom. The van der Waals surface area contributed by atoms with Crippen LogP contribution in [0.2, 0.25) is 0 Å². The summed E-state index contributed by atoms with van der Waals surface area (Å²) in [4.78, 5) is 2.85. The predicted molar refractivity (Wildman–Crippen MR) is 66.4 cm³/mol. The summed E-state index contributed by atoms with van der Waals surface area (Å²) in [6, 6.07) is 5.26. The first-order chi connectivity index (χ1) is 7.34. The van der Waals surface area contributed by atoms with E-state index in [0.717, 1.165) is 19.1 Å². The average Bonchev–Trinajstić information content (AvgIpc) is 2.95. The van der Waals surface area contributed by atoms with E-state index in [-0.39, 0.29) is 0 Å². The third kappa shape index (κ3) is 4.33. The largest absolute Gasteiger partial charge is 0.314 e. The van der Waals surface area contributed by atoms with Gasteiger partial charge in [-0.3, -0.25) is 0 Å². The number of thiophene rings is 1. The van der Waals surface area contributed by atoms with Gasteiger partial charge in [-0.05, 0) is 51.4 Å². The third-order valence-corrected chi connectivity index (χ3v) is 3.64. The van der Waals surface area contributed by atoms with Gasteiger partial charge in [-0.15, -0.1) is 11.3 Å². The second-order valence-corrected chi connectivity index (χ2v) is 5.64. The molecule has 2 N–H and O–H groups in total. The van der Waals surface area contributed by atoms with Crippen LogP contribution in [0.25, 0.3) is 0 Å². The zero-order valence-corrected chi connectivity index (χ0v) is 10.2. The standard InChI is InChI=1S/C12H20N2S/c1-10-3-6-12(15-10)9-13-7-2-8-14-11-4-5-11/h3,6,11,13-14H,2,4-5,7-9H2,1H3. The normalized spacial score (nSPS) is 15.8. The molecule has 1 aliphatic carbocycles. The molecule has 2 nitrogen and oxygen atoms in total. The van der Waals surface area contributed by atoms with Gasteiger partial charge in [0.25, 0.3) is 0 Å². The summed E-state index contributed by atoms with van der Waals surface area (Å²) in [6.45, 7) is 5.48. The lowest BCUT2D eigenvalue weighted by Crippen LogP contribution is -2.22. The van der Waals surface area contributed by atoms with E-state index in [9.17, 15) is 0 Å². The van der Waals surface area contributed by atoms with Gasteiger partial charge in [-0.2, -0.15) is 0 Å². The molecule has 1 aliphatic rings. The summed E-state index contributed by atoms with van der Waals surface area (Å²) < 4.78 is 0. The van der Waals surface area contributed by atoms with Crippen LogP contribution >= 0.6 is 11.3 Å². The Morgan fingerprint density at radius 2 is 2.20 bits per heavy atom. The molecular formula is C12H20N2S. The van der Waals surface area contributed by atoms with Crippen LogP contribution in [-0.4, -0.2) is 19.1 Å². The van der Waals surface area contributed by atoms with Crippen molar-refractivity contribution >= 4 is 11.3 Å². The highest BCUT2D eigenvalue weighted by atomic mass is 32.1. The van der Waals surface area contributed by atoms with Crippen molar-refractivity contribution in [2.75, 3.05) is 13.1 Å². The minimum atomic E-state index is 0.852. The molecule has 1 saturated carbocycles. The Morgan fingerprint density at radius 3 is 2.87 bits per heavy atom. The maximum Gasteiger partial charge on any atom is 0.0299 e. The fourth-order valence-corrected chi connectivity index (χ4v) is 2.46. The molecule has 0 aromatic carbocycles. The molecule has 0 amide bonds. The molecule has 3 heteroatoms. The molecule has 1 aromatic rings. The summed E-state index contributed by atoms with van der Waals surface area (Å²) >= 11 is 1.89. The Hall–Kier alpha value is -0.380. The van der Waals surface area contributed by atoms with E-state index >= 15 is 0 Å². The molecule has 84 valence electrons. The van der Waals surface area contributed by atoms with Crippen LogP contribution in [-0.2, 0) is 6.54 Å². The smallest absolute Gasteiger partial charge is 0.0299 e. The molecule has 0 atom stereocenters. The Bertz CT molecular complexity index is 292. The van der Waals surface area contributed by atoms with Gasteiger partial charge in [0.1, 0.15) is 0 Å². The van der Waals surface area contributed by atoms with Gasteiger partial charge in [-0.25, -0.2) is 0 Å². The van der Waals surface area contributed by atoms with E-state index in [4.69, 9.17) is 0 Å². The molecular weight excluding hydrogens is 204 g/mol. The van der Waals surface area contributed by atoms with E-state index in [1.807, 2.05) is 11.3 Å². The van der Waals surface area contributed by atoms with Gasteiger partial charge in [0, 0.05) is 22.3 Å². The zero-order chi connectivity index (χ0) is 10.5. The van der Waals surface area contributed by atoms with Crippen molar-refractivity contribution in [2.24, 2.45) is 0 Å². The van der Waals surface area contributed by atoms with Crippen LogP contribution in [0.3, 0.4) is 0 Å². The Kier molecular flexibility index (Phi) is 4.18. The Balaban J connectivity index is 1.47. The monoisotopic (exact) mass is 224 g/mol. The van der Waals surface area contributed by atoms with Gasteiger partial charge in [0.2, 0.25) is 0 Å². The molecule has 2 rings (SSSR count). The van der Waals surface area contributed by atoms with E-state index in [1.165, 1.54) is 35.6 Å².